The van der Waals surface area contributed by atoms with E-state index >= 15 is 0 Å². The molecule has 0 saturated carbocycles. The van der Waals surface area contributed by atoms with Gasteiger partial charge in [-0.25, -0.2) is 15.0 Å². The van der Waals surface area contributed by atoms with Crippen LogP contribution in [0.25, 0.3) is 11.2 Å². The lowest BCUT2D eigenvalue weighted by Gasteiger charge is -2.44. The molecule has 0 unspecified atom stereocenters. The largest absolute Gasteiger partial charge is 0.382 e. The standard InChI is InChI=1S/C23H23N5O3/c24-21-19-22(26-14-25-21)28(15-27-19)23-20(30-12-17-9-5-2-6-10-17)18(31-23)13-29-11-16-7-3-1-4-8-16/h1-10,14-15,18,20,23H,11-13H2,(H2,24,25,26)/t18-,20-,23+/m1/s1. The molecule has 1 saturated heterocycles. The number of hydrogen-bond acceptors (Lipinski definition) is 7. The van der Waals surface area contributed by atoms with Gasteiger partial charge in [0.15, 0.2) is 17.7 Å². The fourth-order valence-corrected chi connectivity index (χ4v) is 3.67. The molecule has 3 heterocycles. The van der Waals surface area contributed by atoms with Crippen LogP contribution in [0.5, 0.6) is 0 Å². The van der Waals surface area contributed by atoms with E-state index in [0.717, 1.165) is 11.1 Å². The molecule has 0 bridgehead atoms. The smallest absolute Gasteiger partial charge is 0.167 e. The molecule has 5 rings (SSSR count). The molecule has 0 radical (unpaired) electrons. The molecule has 158 valence electrons. The van der Waals surface area contributed by atoms with Gasteiger partial charge >= 0.3 is 0 Å². The Kier molecular flexibility index (Phi) is 5.57. The maximum absolute atomic E-state index is 6.27. The Morgan fingerprint density at radius 1 is 0.903 bits per heavy atom. The molecule has 0 amide bonds. The number of anilines is 1. The Bertz CT molecular complexity index is 1140. The highest BCUT2D eigenvalue weighted by atomic mass is 16.6. The zero-order chi connectivity index (χ0) is 21.0. The van der Waals surface area contributed by atoms with Crippen molar-refractivity contribution in [2.45, 2.75) is 31.6 Å². The molecule has 2 N–H and O–H groups in total. The third kappa shape index (κ3) is 4.13. The number of imidazole rings is 1. The van der Waals surface area contributed by atoms with Crippen LogP contribution in [0.2, 0.25) is 0 Å². The number of nitrogens with zero attached hydrogens (tertiary/aromatic N) is 4. The van der Waals surface area contributed by atoms with Crippen molar-refractivity contribution in [2.24, 2.45) is 0 Å². The minimum Gasteiger partial charge on any atom is -0.382 e. The monoisotopic (exact) mass is 417 g/mol. The summed E-state index contributed by atoms with van der Waals surface area (Å²) in [4.78, 5) is 12.7. The Balaban J connectivity index is 1.30. The first-order valence-corrected chi connectivity index (χ1v) is 10.2. The molecule has 8 nitrogen and oxygen atoms in total. The fraction of sp³-hybridized carbons (Fsp3) is 0.261. The number of fused-ring (bicyclic) bond motifs is 1. The van der Waals surface area contributed by atoms with Gasteiger partial charge in [-0.05, 0) is 11.1 Å². The van der Waals surface area contributed by atoms with Crippen LogP contribution >= 0.6 is 0 Å². The highest BCUT2D eigenvalue weighted by Gasteiger charge is 2.45. The number of nitrogen functional groups attached to an aromatic ring is 1. The van der Waals surface area contributed by atoms with E-state index in [9.17, 15) is 0 Å². The maximum atomic E-state index is 6.27. The van der Waals surface area contributed by atoms with Crippen LogP contribution in [0.1, 0.15) is 17.4 Å². The van der Waals surface area contributed by atoms with Crippen molar-refractivity contribution in [1.82, 2.24) is 19.5 Å². The molecule has 4 aromatic rings. The minimum atomic E-state index is -0.367. The summed E-state index contributed by atoms with van der Waals surface area (Å²) in [5.74, 6) is 0.340. The first-order valence-electron chi connectivity index (χ1n) is 10.2. The van der Waals surface area contributed by atoms with Crippen LogP contribution in [0.15, 0.2) is 73.3 Å². The summed E-state index contributed by atoms with van der Waals surface area (Å²) in [7, 11) is 0. The van der Waals surface area contributed by atoms with E-state index in [1.807, 2.05) is 65.2 Å². The fourth-order valence-electron chi connectivity index (χ4n) is 3.67. The molecule has 2 aromatic carbocycles. The van der Waals surface area contributed by atoms with Gasteiger partial charge in [-0.3, -0.25) is 4.57 Å². The first-order chi connectivity index (χ1) is 15.3. The second-order valence-electron chi connectivity index (χ2n) is 7.41. The Labute approximate surface area is 179 Å². The Morgan fingerprint density at radius 3 is 2.35 bits per heavy atom. The third-order valence-electron chi connectivity index (χ3n) is 5.30. The van der Waals surface area contributed by atoms with E-state index in [-0.39, 0.29) is 18.4 Å². The van der Waals surface area contributed by atoms with Gasteiger partial charge in [-0.1, -0.05) is 60.7 Å². The zero-order valence-corrected chi connectivity index (χ0v) is 16.9. The molecule has 1 fully saturated rings. The molecular formula is C23H23N5O3. The molecule has 3 atom stereocenters. The predicted molar refractivity (Wildman–Crippen MR) is 115 cm³/mol. The summed E-state index contributed by atoms with van der Waals surface area (Å²) < 4.78 is 20.2. The van der Waals surface area contributed by atoms with Crippen molar-refractivity contribution < 1.29 is 14.2 Å². The van der Waals surface area contributed by atoms with Gasteiger partial charge in [0, 0.05) is 0 Å². The molecule has 1 aliphatic heterocycles. The van der Waals surface area contributed by atoms with Crippen molar-refractivity contribution >= 4 is 17.0 Å². The normalized spacial score (nSPS) is 20.6. The number of hydrogen-bond donors (Lipinski definition) is 1. The van der Waals surface area contributed by atoms with Crippen molar-refractivity contribution in [1.29, 1.82) is 0 Å². The second-order valence-corrected chi connectivity index (χ2v) is 7.41. The third-order valence-corrected chi connectivity index (χ3v) is 5.30. The van der Waals surface area contributed by atoms with Crippen molar-refractivity contribution in [3.05, 3.63) is 84.4 Å². The van der Waals surface area contributed by atoms with Crippen LogP contribution in [-0.4, -0.2) is 38.3 Å². The molecule has 1 aliphatic rings. The van der Waals surface area contributed by atoms with E-state index in [1.165, 1.54) is 6.33 Å². The molecule has 8 heteroatoms. The summed E-state index contributed by atoms with van der Waals surface area (Å²) >= 11 is 0. The van der Waals surface area contributed by atoms with Crippen LogP contribution in [0.3, 0.4) is 0 Å². The van der Waals surface area contributed by atoms with Crippen molar-refractivity contribution in [3.63, 3.8) is 0 Å². The average molecular weight is 417 g/mol. The van der Waals surface area contributed by atoms with Crippen molar-refractivity contribution in [3.8, 4) is 0 Å². The van der Waals surface area contributed by atoms with Crippen LogP contribution < -0.4 is 5.73 Å². The highest BCUT2D eigenvalue weighted by molar-refractivity contribution is 5.81. The first kappa shape index (κ1) is 19.6. The van der Waals surface area contributed by atoms with Gasteiger partial charge in [-0.15, -0.1) is 0 Å². The van der Waals surface area contributed by atoms with Gasteiger partial charge in [0.1, 0.15) is 24.1 Å². The molecule has 0 spiro atoms. The van der Waals surface area contributed by atoms with E-state index in [4.69, 9.17) is 19.9 Å². The van der Waals surface area contributed by atoms with E-state index in [1.54, 1.807) is 6.33 Å². The minimum absolute atomic E-state index is 0.200. The second kappa shape index (κ2) is 8.81. The predicted octanol–water partition coefficient (Wildman–Crippen LogP) is 3.11. The number of aromatic nitrogens is 4. The van der Waals surface area contributed by atoms with Crippen LogP contribution in [0.4, 0.5) is 5.82 Å². The lowest BCUT2D eigenvalue weighted by molar-refractivity contribution is -0.287. The van der Waals surface area contributed by atoms with Gasteiger partial charge in [-0.2, -0.15) is 0 Å². The van der Waals surface area contributed by atoms with Gasteiger partial charge in [0.2, 0.25) is 0 Å². The Morgan fingerprint density at radius 2 is 1.61 bits per heavy atom. The number of nitrogens with two attached hydrogens (primary N) is 1. The highest BCUT2D eigenvalue weighted by Crippen LogP contribution is 2.36. The zero-order valence-electron chi connectivity index (χ0n) is 16.9. The van der Waals surface area contributed by atoms with E-state index < -0.39 is 0 Å². The lowest BCUT2D eigenvalue weighted by atomic mass is 10.1. The topological polar surface area (TPSA) is 97.3 Å². The number of benzene rings is 2. The Hall–Kier alpha value is -3.33. The van der Waals surface area contributed by atoms with Crippen LogP contribution in [-0.2, 0) is 27.4 Å². The number of rotatable bonds is 8. The summed E-state index contributed by atoms with van der Waals surface area (Å²) in [6.45, 7) is 1.42. The molecule has 2 aromatic heterocycles. The summed E-state index contributed by atoms with van der Waals surface area (Å²) in [6, 6.07) is 20.1. The van der Waals surface area contributed by atoms with Gasteiger partial charge in [0.25, 0.3) is 0 Å². The quantitative estimate of drug-likeness (QED) is 0.470. The summed E-state index contributed by atoms with van der Waals surface area (Å²) in [5, 5.41) is 0. The van der Waals surface area contributed by atoms with Crippen LogP contribution in [0, 0.1) is 0 Å². The van der Waals surface area contributed by atoms with E-state index in [2.05, 4.69) is 15.0 Å². The van der Waals surface area contributed by atoms with E-state index in [0.29, 0.717) is 36.8 Å². The maximum Gasteiger partial charge on any atom is 0.167 e. The summed E-state index contributed by atoms with van der Waals surface area (Å²) in [5.41, 5.74) is 9.32. The molecule has 0 aliphatic carbocycles. The molecular weight excluding hydrogens is 394 g/mol. The SMILES string of the molecule is Nc1ncnc2c1ncn2[C@H]1O[C@H](COCc2ccccc2)[C@H]1OCc1ccccc1. The van der Waals surface area contributed by atoms with Crippen molar-refractivity contribution in [2.75, 3.05) is 12.3 Å². The molecule has 31 heavy (non-hydrogen) atoms. The average Bonchev–Trinajstić information content (AvgIpc) is 3.22. The van der Waals surface area contributed by atoms with Gasteiger partial charge < -0.3 is 19.9 Å². The number of ether oxygens (including phenoxy) is 3. The lowest BCUT2D eigenvalue weighted by Crippen LogP contribution is -2.53. The van der Waals surface area contributed by atoms with Gasteiger partial charge in [0.05, 0.1) is 26.1 Å². The summed E-state index contributed by atoms with van der Waals surface area (Å²) in [6.07, 6.45) is 2.31.